The van der Waals surface area contributed by atoms with Crippen LogP contribution in [0.25, 0.3) is 0 Å². The summed E-state index contributed by atoms with van der Waals surface area (Å²) in [5, 5.41) is 0. The molecule has 4 fully saturated rings. The number of carbonyl (C=O) groups is 1. The van der Waals surface area contributed by atoms with Gasteiger partial charge in [0.1, 0.15) is 0 Å². The average molecular weight is 671 g/mol. The summed E-state index contributed by atoms with van der Waals surface area (Å²) in [5.41, 5.74) is 1.98. The first-order valence-electron chi connectivity index (χ1n) is 11.7. The van der Waals surface area contributed by atoms with Gasteiger partial charge in [0, 0.05) is 11.8 Å². The minimum absolute atomic E-state index is 0. The lowest BCUT2D eigenvalue weighted by Gasteiger charge is -2.60. The Morgan fingerprint density at radius 3 is 1.70 bits per heavy atom. The smallest absolute Gasteiger partial charge is 0.155 e. The van der Waals surface area contributed by atoms with Crippen LogP contribution in [-0.4, -0.2) is 18.0 Å². The van der Waals surface area contributed by atoms with Crippen molar-refractivity contribution in [2.45, 2.75) is 212 Å². The molecule has 6 rings (SSSR count). The number of hydrogen-bond donors (Lipinski definition) is 0. The van der Waals surface area contributed by atoms with E-state index in [1.54, 1.807) is 0 Å². The van der Waals surface area contributed by atoms with Crippen LogP contribution in [-0.2, 0) is 9.53 Å². The number of carbonyl (C=O) groups excluding carboxylic acids is 1. The third-order valence-electron chi connectivity index (χ3n) is 10.1. The second-order valence-electron chi connectivity index (χ2n) is 10.5. The summed E-state index contributed by atoms with van der Waals surface area (Å²) in [6.07, 6.45) is 16.7. The normalized spacial score (nSPS) is 32.3. The predicted octanol–water partition coefficient (Wildman–Crippen LogP) is 17.4. The summed E-state index contributed by atoms with van der Waals surface area (Å²) in [4.78, 5) is 12.1. The molecule has 0 aromatic heterocycles. The molecule has 0 N–H and O–H groups in total. The van der Waals surface area contributed by atoms with Gasteiger partial charge in [-0.05, 0) is 86.0 Å². The van der Waals surface area contributed by atoms with E-state index in [0.717, 1.165) is 55.0 Å². The Labute approximate surface area is 303 Å². The Morgan fingerprint density at radius 2 is 1.26 bits per heavy atom. The minimum Gasteiger partial charge on any atom is -0.366 e. The highest BCUT2D eigenvalue weighted by atomic mass is 16.5. The van der Waals surface area contributed by atoms with E-state index < -0.39 is 0 Å². The van der Waals surface area contributed by atoms with Crippen molar-refractivity contribution in [3.63, 3.8) is 0 Å². The van der Waals surface area contributed by atoms with Crippen molar-refractivity contribution in [1.82, 2.24) is 0 Å². The molecule has 0 radical (unpaired) electrons. The molecule has 6 aliphatic rings. The van der Waals surface area contributed by atoms with Gasteiger partial charge in [-0.25, -0.2) is 0 Å². The third kappa shape index (κ3) is 11.1. The average Bonchev–Trinajstić information content (AvgIpc) is 3.26. The highest BCUT2D eigenvalue weighted by Crippen LogP contribution is 2.79. The molecule has 1 spiro atoms. The molecule has 0 bridgehead atoms. The number of rotatable bonds is 2. The molecule has 2 nitrogen and oxygen atoms in total. The van der Waals surface area contributed by atoms with Gasteiger partial charge in [0.25, 0.3) is 0 Å². The Bertz CT molecular complexity index is 736. The van der Waals surface area contributed by atoms with Crippen molar-refractivity contribution in [2.75, 3.05) is 6.61 Å². The number of ketones is 1. The van der Waals surface area contributed by atoms with Crippen LogP contribution in [0.15, 0.2) is 23.8 Å². The van der Waals surface area contributed by atoms with E-state index in [9.17, 15) is 4.79 Å². The number of fused-ring (bicyclic) bond motifs is 9. The number of allylic oxidation sites excluding steroid dienone is 1. The van der Waals surface area contributed by atoms with Crippen LogP contribution in [0.2, 0.25) is 0 Å². The maximum absolute atomic E-state index is 12.1. The van der Waals surface area contributed by atoms with Crippen molar-refractivity contribution < 1.29 is 9.53 Å². The van der Waals surface area contributed by atoms with E-state index >= 15 is 0 Å². The molecule has 0 saturated heterocycles. The second kappa shape index (κ2) is 31.4. The SMILES string of the molecule is C.C.C.C.C.C.C.C.C.C.C.C.C.C.C.C.C.C.C.CC[C@H]1CC2=CC(=O)CC[C@@H]2[C@H]2CC[C@@]3(CC)[C@@H]([C@@H]4C[C@@H]4[C@@]34C=CCO4)[C@H]12. The van der Waals surface area contributed by atoms with Gasteiger partial charge in [-0.15, -0.1) is 0 Å². The maximum atomic E-state index is 12.1. The van der Waals surface area contributed by atoms with E-state index in [2.05, 4.69) is 32.1 Å². The Kier molecular flexibility index (Phi) is 61.9. The maximum Gasteiger partial charge on any atom is 0.155 e. The zero-order valence-corrected chi connectivity index (χ0v) is 17.0. The van der Waals surface area contributed by atoms with Gasteiger partial charge in [0.15, 0.2) is 5.78 Å². The highest BCUT2D eigenvalue weighted by molar-refractivity contribution is 5.91. The van der Waals surface area contributed by atoms with E-state index in [1.807, 2.05) is 0 Å². The fourth-order valence-electron chi connectivity index (χ4n) is 9.27. The van der Waals surface area contributed by atoms with Crippen LogP contribution >= 0.6 is 0 Å². The molecule has 0 unspecified atom stereocenters. The summed E-state index contributed by atoms with van der Waals surface area (Å²) in [6, 6.07) is 0. The van der Waals surface area contributed by atoms with E-state index in [-0.39, 0.29) is 147 Å². The van der Waals surface area contributed by atoms with Crippen molar-refractivity contribution in [3.8, 4) is 0 Å². The van der Waals surface area contributed by atoms with Crippen LogP contribution < -0.4 is 0 Å². The molecule has 5 aliphatic carbocycles. The first-order valence-corrected chi connectivity index (χ1v) is 11.7. The standard InChI is InChI=1S/C25H34O2.19CH4/c1-3-15-12-16-13-17(26)6-7-18(16)19-8-10-24(4-2)23(22(15)19)20-14-21(20)25(24)9-5-11-27-25;;;;;;;;;;;;;;;;;;;/h5,9,13,15,18-23H,3-4,6-8,10-12,14H2,1-2H3;19*1H4/t15-,18-,19+,20+,21-,22+,23-,24-,25-;;;;;;;;;;;;;;;;;;;/m0.................../s1. The summed E-state index contributed by atoms with van der Waals surface area (Å²) in [7, 11) is 0. The molecule has 1 heterocycles. The molecular formula is C44H110O2. The minimum atomic E-state index is 0. The molecule has 9 atom stereocenters. The Balaban J connectivity index is -0.0000000449. The van der Waals surface area contributed by atoms with Gasteiger partial charge in [-0.1, -0.05) is 179 Å². The molecule has 298 valence electrons. The van der Waals surface area contributed by atoms with Crippen molar-refractivity contribution in [2.24, 2.45) is 46.8 Å². The van der Waals surface area contributed by atoms with Gasteiger partial charge >= 0.3 is 0 Å². The van der Waals surface area contributed by atoms with E-state index in [0.29, 0.717) is 17.1 Å². The van der Waals surface area contributed by atoms with Crippen LogP contribution in [0.3, 0.4) is 0 Å². The Hall–Kier alpha value is -0.890. The zero-order valence-electron chi connectivity index (χ0n) is 17.0. The largest absolute Gasteiger partial charge is 0.366 e. The van der Waals surface area contributed by atoms with E-state index in [1.165, 1.54) is 44.1 Å². The molecule has 46 heavy (non-hydrogen) atoms. The lowest BCUT2D eigenvalue weighted by atomic mass is 9.45. The summed E-state index contributed by atoms with van der Waals surface area (Å²) < 4.78 is 6.62. The molecule has 0 aromatic rings. The molecular weight excluding hydrogens is 560 g/mol. The van der Waals surface area contributed by atoms with Crippen LogP contribution in [0.4, 0.5) is 0 Å². The lowest BCUT2D eigenvalue weighted by molar-refractivity contribution is -0.152. The molecule has 2 heteroatoms. The predicted molar refractivity (Wildman–Crippen MR) is 234 cm³/mol. The van der Waals surface area contributed by atoms with Crippen molar-refractivity contribution >= 4 is 5.78 Å². The van der Waals surface area contributed by atoms with Crippen molar-refractivity contribution in [1.29, 1.82) is 0 Å². The van der Waals surface area contributed by atoms with Gasteiger partial charge < -0.3 is 4.74 Å². The fourth-order valence-corrected chi connectivity index (χ4v) is 9.27. The first kappa shape index (κ1) is 90.7. The van der Waals surface area contributed by atoms with Gasteiger partial charge in [0.2, 0.25) is 0 Å². The summed E-state index contributed by atoms with van der Waals surface area (Å²) in [5.74, 6) is 6.13. The molecule has 1 aliphatic heterocycles. The topological polar surface area (TPSA) is 26.3 Å². The summed E-state index contributed by atoms with van der Waals surface area (Å²) in [6.45, 7) is 5.68. The fraction of sp³-hybridized carbons (Fsp3) is 0.886. The van der Waals surface area contributed by atoms with Crippen LogP contribution in [0.5, 0.6) is 0 Å². The lowest BCUT2D eigenvalue weighted by Crippen LogP contribution is -2.57. The first-order chi connectivity index (χ1) is 13.1. The molecule has 4 saturated carbocycles. The quantitative estimate of drug-likeness (QED) is 0.273. The van der Waals surface area contributed by atoms with Crippen LogP contribution in [0.1, 0.15) is 206 Å². The van der Waals surface area contributed by atoms with Gasteiger partial charge in [-0.3, -0.25) is 4.79 Å². The second-order valence-corrected chi connectivity index (χ2v) is 10.5. The Morgan fingerprint density at radius 1 is 0.739 bits per heavy atom. The number of ether oxygens (including phenoxy) is 1. The zero-order chi connectivity index (χ0) is 18.4. The van der Waals surface area contributed by atoms with Crippen molar-refractivity contribution in [3.05, 3.63) is 23.8 Å². The monoisotopic (exact) mass is 671 g/mol. The van der Waals surface area contributed by atoms with Gasteiger partial charge in [0.05, 0.1) is 12.2 Å². The van der Waals surface area contributed by atoms with E-state index in [4.69, 9.17) is 4.74 Å². The number of hydrogen-bond acceptors (Lipinski definition) is 2. The van der Waals surface area contributed by atoms with Crippen LogP contribution in [0, 0.1) is 46.8 Å². The van der Waals surface area contributed by atoms with Gasteiger partial charge in [-0.2, -0.15) is 0 Å². The third-order valence-corrected chi connectivity index (χ3v) is 10.1. The summed E-state index contributed by atoms with van der Waals surface area (Å²) >= 11 is 0. The highest BCUT2D eigenvalue weighted by Gasteiger charge is 2.77. The molecule has 0 amide bonds. The molecule has 0 aromatic carbocycles.